The Morgan fingerprint density at radius 2 is 1.67 bits per heavy atom. The number of ether oxygens (including phenoxy) is 2. The summed E-state index contributed by atoms with van der Waals surface area (Å²) in [6, 6.07) is 7.71. The van der Waals surface area contributed by atoms with Crippen LogP contribution in [0, 0.1) is 0 Å². The molecule has 2 N–H and O–H groups in total. The largest absolute Gasteiger partial charge is 0.476 e. The van der Waals surface area contributed by atoms with E-state index in [1.54, 1.807) is 13.8 Å². The number of hydrogen-bond acceptors (Lipinski definition) is 4. The van der Waals surface area contributed by atoms with E-state index in [0.717, 1.165) is 18.4 Å². The summed E-state index contributed by atoms with van der Waals surface area (Å²) in [5, 5.41) is 0. The Kier molecular flexibility index (Phi) is 7.27. The Hall–Kier alpha value is -1.55. The molecule has 0 aliphatic carbocycles. The van der Waals surface area contributed by atoms with Crippen LogP contribution in [0.4, 0.5) is 0 Å². The van der Waals surface area contributed by atoms with Crippen molar-refractivity contribution in [2.45, 2.75) is 84.5 Å². The highest BCUT2D eigenvalue weighted by molar-refractivity contribution is 5.79. The molecule has 4 heteroatoms. The van der Waals surface area contributed by atoms with E-state index in [9.17, 15) is 4.79 Å². The van der Waals surface area contributed by atoms with Crippen LogP contribution in [0.25, 0.3) is 0 Å². The van der Waals surface area contributed by atoms with Crippen LogP contribution in [0.5, 0.6) is 5.75 Å². The average Bonchev–Trinajstić information content (AvgIpc) is 2.46. The second kappa shape index (κ2) is 8.52. The lowest BCUT2D eigenvalue weighted by Crippen LogP contribution is -2.43. The molecule has 0 heterocycles. The van der Waals surface area contributed by atoms with Crippen molar-refractivity contribution in [1.82, 2.24) is 0 Å². The molecule has 0 aromatic heterocycles. The van der Waals surface area contributed by atoms with E-state index in [1.807, 2.05) is 45.0 Å². The molecule has 0 spiro atoms. The fraction of sp³-hybridized carbons (Fsp3) is 0.650. The fourth-order valence-electron chi connectivity index (χ4n) is 2.30. The Balaban J connectivity index is 2.67. The van der Waals surface area contributed by atoms with Crippen LogP contribution < -0.4 is 10.5 Å². The number of benzene rings is 1. The molecule has 0 saturated heterocycles. The lowest BCUT2D eigenvalue weighted by molar-refractivity contribution is -0.170. The van der Waals surface area contributed by atoms with Crippen LogP contribution in [0.15, 0.2) is 24.3 Å². The van der Waals surface area contributed by atoms with Gasteiger partial charge in [0.2, 0.25) is 0 Å². The third kappa shape index (κ3) is 6.91. The smallest absolute Gasteiger partial charge is 0.350 e. The summed E-state index contributed by atoms with van der Waals surface area (Å²) in [7, 11) is 0. The van der Waals surface area contributed by atoms with Crippen molar-refractivity contribution >= 4 is 5.97 Å². The summed E-state index contributed by atoms with van der Waals surface area (Å²) in [5.74, 6) is 0.255. The molecule has 0 radical (unpaired) electrons. The Bertz CT molecular complexity index is 515. The Labute approximate surface area is 146 Å². The zero-order valence-electron chi connectivity index (χ0n) is 16.0. The normalized spacial score (nSPS) is 13.5. The predicted molar refractivity (Wildman–Crippen MR) is 98.1 cm³/mol. The highest BCUT2D eigenvalue weighted by Gasteiger charge is 2.34. The molecule has 0 amide bonds. The van der Waals surface area contributed by atoms with Crippen molar-refractivity contribution in [2.24, 2.45) is 5.73 Å². The van der Waals surface area contributed by atoms with E-state index in [-0.39, 0.29) is 12.0 Å². The van der Waals surface area contributed by atoms with Crippen molar-refractivity contribution < 1.29 is 14.3 Å². The summed E-state index contributed by atoms with van der Waals surface area (Å²) >= 11 is 0. The molecule has 4 nitrogen and oxygen atoms in total. The lowest BCUT2D eigenvalue weighted by atomic mass is 10.0. The summed E-state index contributed by atoms with van der Waals surface area (Å²) < 4.78 is 11.2. The number of unbranched alkanes of at least 4 members (excludes halogenated alkanes) is 2. The second-order valence-electron chi connectivity index (χ2n) is 7.79. The first-order chi connectivity index (χ1) is 11.0. The van der Waals surface area contributed by atoms with Gasteiger partial charge in [-0.3, -0.25) is 0 Å². The molecule has 1 aromatic carbocycles. The van der Waals surface area contributed by atoms with Gasteiger partial charge in [0, 0.05) is 6.04 Å². The maximum Gasteiger partial charge on any atom is 0.350 e. The van der Waals surface area contributed by atoms with Gasteiger partial charge in [-0.25, -0.2) is 4.79 Å². The van der Waals surface area contributed by atoms with E-state index >= 15 is 0 Å². The quantitative estimate of drug-likeness (QED) is 0.549. The van der Waals surface area contributed by atoms with Crippen LogP contribution >= 0.6 is 0 Å². The third-order valence-corrected chi connectivity index (χ3v) is 3.69. The maximum atomic E-state index is 12.2. The predicted octanol–water partition coefficient (Wildman–Crippen LogP) is 4.77. The molecule has 1 aromatic rings. The van der Waals surface area contributed by atoms with Gasteiger partial charge in [0.25, 0.3) is 0 Å². The number of carbonyl (C=O) groups excluding carboxylic acids is 1. The first kappa shape index (κ1) is 20.5. The zero-order chi connectivity index (χ0) is 18.4. The molecular formula is C20H33NO3. The minimum absolute atomic E-state index is 0.0458. The van der Waals surface area contributed by atoms with Gasteiger partial charge in [0.15, 0.2) is 5.60 Å². The molecule has 0 bridgehead atoms. The average molecular weight is 335 g/mol. The fourth-order valence-corrected chi connectivity index (χ4v) is 2.30. The summed E-state index contributed by atoms with van der Waals surface area (Å²) in [6.45, 7) is 11.1. The molecule has 1 atom stereocenters. The van der Waals surface area contributed by atoms with E-state index in [0.29, 0.717) is 5.75 Å². The molecule has 1 unspecified atom stereocenters. The topological polar surface area (TPSA) is 61.5 Å². The van der Waals surface area contributed by atoms with E-state index in [2.05, 4.69) is 6.92 Å². The van der Waals surface area contributed by atoms with E-state index in [1.165, 1.54) is 12.8 Å². The number of carbonyl (C=O) groups is 1. The van der Waals surface area contributed by atoms with Gasteiger partial charge < -0.3 is 15.2 Å². The standard InChI is InChI=1S/C20H33NO3/c1-7-8-9-10-17(21)15-11-13-16(14-12-15)23-20(5,6)18(22)24-19(2,3)4/h11-14,17H,7-10,21H2,1-6H3. The number of rotatable bonds is 8. The van der Waals surface area contributed by atoms with Gasteiger partial charge in [0.1, 0.15) is 11.4 Å². The minimum Gasteiger partial charge on any atom is -0.476 e. The monoisotopic (exact) mass is 335 g/mol. The first-order valence-electron chi connectivity index (χ1n) is 8.83. The van der Waals surface area contributed by atoms with Gasteiger partial charge in [-0.15, -0.1) is 0 Å². The van der Waals surface area contributed by atoms with Gasteiger partial charge in [-0.05, 0) is 58.7 Å². The second-order valence-corrected chi connectivity index (χ2v) is 7.79. The van der Waals surface area contributed by atoms with Crippen molar-refractivity contribution in [1.29, 1.82) is 0 Å². The lowest BCUT2D eigenvalue weighted by Gasteiger charge is -2.29. The molecular weight excluding hydrogens is 302 g/mol. The van der Waals surface area contributed by atoms with Crippen LogP contribution in [0.3, 0.4) is 0 Å². The highest BCUT2D eigenvalue weighted by Crippen LogP contribution is 2.25. The molecule has 136 valence electrons. The highest BCUT2D eigenvalue weighted by atomic mass is 16.6. The maximum absolute atomic E-state index is 12.2. The molecule has 24 heavy (non-hydrogen) atoms. The van der Waals surface area contributed by atoms with Crippen molar-refractivity contribution in [3.8, 4) is 5.75 Å². The molecule has 0 aliphatic rings. The summed E-state index contributed by atoms with van der Waals surface area (Å²) in [4.78, 5) is 12.2. The molecule has 0 aliphatic heterocycles. The first-order valence-corrected chi connectivity index (χ1v) is 8.83. The van der Waals surface area contributed by atoms with Crippen molar-refractivity contribution in [2.75, 3.05) is 0 Å². The number of hydrogen-bond donors (Lipinski definition) is 1. The van der Waals surface area contributed by atoms with Crippen molar-refractivity contribution in [3.63, 3.8) is 0 Å². The van der Waals surface area contributed by atoms with Gasteiger partial charge >= 0.3 is 5.97 Å². The zero-order valence-corrected chi connectivity index (χ0v) is 16.0. The molecule has 0 saturated carbocycles. The number of esters is 1. The van der Waals surface area contributed by atoms with E-state index in [4.69, 9.17) is 15.2 Å². The molecule has 1 rings (SSSR count). The SMILES string of the molecule is CCCCCC(N)c1ccc(OC(C)(C)C(=O)OC(C)(C)C)cc1. The van der Waals surface area contributed by atoms with Crippen LogP contribution in [-0.2, 0) is 9.53 Å². The third-order valence-electron chi connectivity index (χ3n) is 3.69. The molecule has 0 fully saturated rings. The summed E-state index contributed by atoms with van der Waals surface area (Å²) in [6.07, 6.45) is 4.53. The number of nitrogens with two attached hydrogens (primary N) is 1. The van der Waals surface area contributed by atoms with E-state index < -0.39 is 11.2 Å². The van der Waals surface area contributed by atoms with Gasteiger partial charge in [-0.1, -0.05) is 38.3 Å². The summed E-state index contributed by atoms with van der Waals surface area (Å²) in [5.41, 5.74) is 5.73. The van der Waals surface area contributed by atoms with Crippen LogP contribution in [0.1, 0.15) is 78.8 Å². The van der Waals surface area contributed by atoms with Crippen LogP contribution in [0.2, 0.25) is 0 Å². The Morgan fingerprint density at radius 1 is 1.08 bits per heavy atom. The van der Waals surface area contributed by atoms with Gasteiger partial charge in [-0.2, -0.15) is 0 Å². The Morgan fingerprint density at radius 3 is 2.17 bits per heavy atom. The van der Waals surface area contributed by atoms with Crippen molar-refractivity contribution in [3.05, 3.63) is 29.8 Å². The van der Waals surface area contributed by atoms with Crippen LogP contribution in [-0.4, -0.2) is 17.2 Å². The van der Waals surface area contributed by atoms with Gasteiger partial charge in [0.05, 0.1) is 0 Å². The minimum atomic E-state index is -1.04.